The van der Waals surface area contributed by atoms with Crippen molar-refractivity contribution in [1.82, 2.24) is 15.2 Å². The molecule has 0 spiro atoms. The molecular formula is C24H18ClN5O3. The Morgan fingerprint density at radius 3 is 2.61 bits per heavy atom. The third kappa shape index (κ3) is 4.20. The number of nitrogens with zero attached hydrogens (tertiary/aromatic N) is 4. The minimum Gasteiger partial charge on any atom is -0.494 e. The number of halogens is 1. The fourth-order valence-electron chi connectivity index (χ4n) is 3.59. The fourth-order valence-corrected chi connectivity index (χ4v) is 3.83. The number of ketones is 1. The number of aliphatic imine (C=N–C) groups is 1. The topological polar surface area (TPSA) is 102 Å². The van der Waals surface area contributed by atoms with E-state index in [4.69, 9.17) is 25.7 Å². The van der Waals surface area contributed by atoms with Gasteiger partial charge in [0.05, 0.1) is 12.8 Å². The Hall–Kier alpha value is -4.04. The average Bonchev–Trinajstić information content (AvgIpc) is 3.26. The number of hydrogen-bond donors (Lipinski definition) is 1. The molecule has 4 aromatic rings. The van der Waals surface area contributed by atoms with Crippen LogP contribution in [0.3, 0.4) is 0 Å². The molecule has 1 aliphatic heterocycles. The van der Waals surface area contributed by atoms with Crippen molar-refractivity contribution in [3.8, 4) is 17.3 Å². The van der Waals surface area contributed by atoms with Gasteiger partial charge in [-0.05, 0) is 17.7 Å². The maximum absolute atomic E-state index is 13.0. The molecule has 0 aliphatic carbocycles. The van der Waals surface area contributed by atoms with Crippen LogP contribution < -0.4 is 10.1 Å². The van der Waals surface area contributed by atoms with E-state index in [0.29, 0.717) is 11.4 Å². The summed E-state index contributed by atoms with van der Waals surface area (Å²) in [6, 6.07) is 20.9. The Labute approximate surface area is 194 Å². The Bertz CT molecular complexity index is 1350. The molecule has 0 saturated heterocycles. The molecule has 0 radical (unpaired) electrons. The van der Waals surface area contributed by atoms with Gasteiger partial charge >= 0.3 is 6.01 Å². The lowest BCUT2D eigenvalue weighted by Crippen LogP contribution is -2.29. The lowest BCUT2D eigenvalue weighted by atomic mass is 9.96. The van der Waals surface area contributed by atoms with Crippen LogP contribution >= 0.6 is 11.6 Å². The van der Waals surface area contributed by atoms with E-state index < -0.39 is 6.17 Å². The SMILES string of the molecule is COc1ccc(-c2nnc(NC3N=C(c4ccccc4)c4ccccc4CC3=O)o2)nc1Cl. The first-order valence-corrected chi connectivity index (χ1v) is 10.6. The number of benzene rings is 2. The third-order valence-corrected chi connectivity index (χ3v) is 5.46. The van der Waals surface area contributed by atoms with Crippen molar-refractivity contribution in [2.75, 3.05) is 12.4 Å². The van der Waals surface area contributed by atoms with Gasteiger partial charge in [0.15, 0.2) is 22.9 Å². The molecule has 2 aromatic carbocycles. The summed E-state index contributed by atoms with van der Waals surface area (Å²) in [7, 11) is 1.50. The molecule has 33 heavy (non-hydrogen) atoms. The molecule has 2 aromatic heterocycles. The van der Waals surface area contributed by atoms with Gasteiger partial charge in [-0.3, -0.25) is 9.79 Å². The highest BCUT2D eigenvalue weighted by atomic mass is 35.5. The van der Waals surface area contributed by atoms with E-state index in [2.05, 4.69) is 20.5 Å². The number of anilines is 1. The zero-order valence-electron chi connectivity index (χ0n) is 17.5. The smallest absolute Gasteiger partial charge is 0.317 e. The Morgan fingerprint density at radius 1 is 1.03 bits per heavy atom. The standard InChI is InChI=1S/C24H18ClN5O3/c1-32-19-12-11-17(26-21(19)25)23-29-30-24(33-23)28-22-18(31)13-15-9-5-6-10-16(15)20(27-22)14-7-3-2-4-8-14/h2-12,22H,13H2,1H3,(H,28,30). The molecule has 8 nitrogen and oxygen atoms in total. The minimum atomic E-state index is -0.895. The van der Waals surface area contributed by atoms with Crippen molar-refractivity contribution >= 4 is 29.1 Å². The second kappa shape index (κ2) is 8.84. The van der Waals surface area contributed by atoms with Gasteiger partial charge in [-0.2, -0.15) is 0 Å². The van der Waals surface area contributed by atoms with Crippen LogP contribution in [-0.2, 0) is 11.2 Å². The molecule has 5 rings (SSSR count). The Kier molecular flexibility index (Phi) is 5.58. The summed E-state index contributed by atoms with van der Waals surface area (Å²) in [6.45, 7) is 0. The molecule has 164 valence electrons. The predicted molar refractivity (Wildman–Crippen MR) is 124 cm³/mol. The van der Waals surface area contributed by atoms with Crippen molar-refractivity contribution in [1.29, 1.82) is 0 Å². The van der Waals surface area contributed by atoms with Crippen molar-refractivity contribution in [3.05, 3.63) is 88.6 Å². The summed E-state index contributed by atoms with van der Waals surface area (Å²) in [5.74, 6) is 0.474. The largest absolute Gasteiger partial charge is 0.494 e. The van der Waals surface area contributed by atoms with Crippen molar-refractivity contribution in [3.63, 3.8) is 0 Å². The van der Waals surface area contributed by atoms with E-state index in [1.807, 2.05) is 54.6 Å². The molecule has 0 saturated carbocycles. The molecule has 0 amide bonds. The number of carbonyl (C=O) groups is 1. The predicted octanol–water partition coefficient (Wildman–Crippen LogP) is 4.19. The van der Waals surface area contributed by atoms with Crippen molar-refractivity contribution in [2.45, 2.75) is 12.6 Å². The highest BCUT2D eigenvalue weighted by molar-refractivity contribution is 6.30. The summed E-state index contributed by atoms with van der Waals surface area (Å²) in [5, 5.41) is 11.2. The molecule has 1 atom stereocenters. The van der Waals surface area contributed by atoms with E-state index in [0.717, 1.165) is 22.4 Å². The van der Waals surface area contributed by atoms with Gasteiger partial charge in [0.25, 0.3) is 5.89 Å². The van der Waals surface area contributed by atoms with E-state index in [9.17, 15) is 4.79 Å². The molecule has 1 aliphatic rings. The third-order valence-electron chi connectivity index (χ3n) is 5.19. The number of fused-ring (bicyclic) bond motifs is 1. The maximum Gasteiger partial charge on any atom is 0.317 e. The fraction of sp³-hybridized carbons (Fsp3) is 0.125. The van der Waals surface area contributed by atoms with Crippen LogP contribution in [0.1, 0.15) is 16.7 Å². The van der Waals surface area contributed by atoms with Gasteiger partial charge < -0.3 is 14.5 Å². The Morgan fingerprint density at radius 2 is 1.82 bits per heavy atom. The number of aromatic nitrogens is 3. The van der Waals surface area contributed by atoms with Crippen LogP contribution in [0.15, 0.2) is 76.1 Å². The summed E-state index contributed by atoms with van der Waals surface area (Å²) in [6.07, 6.45) is -0.669. The monoisotopic (exact) mass is 459 g/mol. The average molecular weight is 460 g/mol. The van der Waals surface area contributed by atoms with Crippen molar-refractivity contribution < 1.29 is 13.9 Å². The number of pyridine rings is 1. The summed E-state index contributed by atoms with van der Waals surface area (Å²) in [4.78, 5) is 22.0. The number of carbonyl (C=O) groups excluding carboxylic acids is 1. The normalized spacial score (nSPS) is 15.4. The first-order chi connectivity index (χ1) is 16.1. The highest BCUT2D eigenvalue weighted by Crippen LogP contribution is 2.27. The second-order valence-electron chi connectivity index (χ2n) is 7.29. The van der Waals surface area contributed by atoms with Crippen molar-refractivity contribution in [2.24, 2.45) is 4.99 Å². The van der Waals surface area contributed by atoms with Crippen LogP contribution in [0, 0.1) is 0 Å². The van der Waals surface area contributed by atoms with Gasteiger partial charge in [0.2, 0.25) is 0 Å². The maximum atomic E-state index is 13.0. The first-order valence-electron chi connectivity index (χ1n) is 10.2. The van der Waals surface area contributed by atoms with Gasteiger partial charge in [-0.15, -0.1) is 5.10 Å². The summed E-state index contributed by atoms with van der Waals surface area (Å²) < 4.78 is 10.8. The quantitative estimate of drug-likeness (QED) is 0.446. The van der Waals surface area contributed by atoms with Crippen LogP contribution in [0.4, 0.5) is 6.01 Å². The van der Waals surface area contributed by atoms with Gasteiger partial charge in [0, 0.05) is 17.5 Å². The first kappa shape index (κ1) is 20.8. The molecule has 0 bridgehead atoms. The van der Waals surface area contributed by atoms with Crippen LogP contribution in [0.2, 0.25) is 5.15 Å². The molecular weight excluding hydrogens is 442 g/mol. The molecule has 3 heterocycles. The van der Waals surface area contributed by atoms with Crippen LogP contribution in [0.5, 0.6) is 5.75 Å². The van der Waals surface area contributed by atoms with Crippen LogP contribution in [-0.4, -0.2) is 40.0 Å². The summed E-state index contributed by atoms with van der Waals surface area (Å²) in [5.41, 5.74) is 3.85. The zero-order chi connectivity index (χ0) is 22.8. The number of methoxy groups -OCH3 is 1. The number of rotatable bonds is 5. The van der Waals surface area contributed by atoms with E-state index >= 15 is 0 Å². The Balaban J connectivity index is 1.47. The lowest BCUT2D eigenvalue weighted by Gasteiger charge is -2.11. The lowest BCUT2D eigenvalue weighted by molar-refractivity contribution is -0.119. The second-order valence-corrected chi connectivity index (χ2v) is 7.65. The minimum absolute atomic E-state index is 0.0548. The van der Waals surface area contributed by atoms with E-state index in [1.54, 1.807) is 12.1 Å². The number of Topliss-reactive ketones (excluding diaryl/α,β-unsaturated/α-hetero) is 1. The van der Waals surface area contributed by atoms with E-state index in [1.165, 1.54) is 7.11 Å². The summed E-state index contributed by atoms with van der Waals surface area (Å²) >= 11 is 6.09. The van der Waals surface area contributed by atoms with E-state index in [-0.39, 0.29) is 29.3 Å². The number of nitrogens with one attached hydrogen (secondary N) is 1. The van der Waals surface area contributed by atoms with Gasteiger partial charge in [-0.1, -0.05) is 71.3 Å². The molecule has 1 N–H and O–H groups in total. The molecule has 1 unspecified atom stereocenters. The van der Waals surface area contributed by atoms with Gasteiger partial charge in [-0.25, -0.2) is 4.98 Å². The zero-order valence-corrected chi connectivity index (χ0v) is 18.3. The van der Waals surface area contributed by atoms with Gasteiger partial charge in [0.1, 0.15) is 5.69 Å². The molecule has 9 heteroatoms. The number of hydrogen-bond acceptors (Lipinski definition) is 8. The number of ether oxygens (including phenoxy) is 1. The molecule has 0 fully saturated rings. The van der Waals surface area contributed by atoms with Crippen LogP contribution in [0.25, 0.3) is 11.6 Å². The highest BCUT2D eigenvalue weighted by Gasteiger charge is 2.27.